The molecule has 0 aromatic carbocycles. The van der Waals surface area contributed by atoms with Crippen molar-refractivity contribution < 1.29 is 9.59 Å². The molecule has 7 heteroatoms. The van der Waals surface area contributed by atoms with Gasteiger partial charge in [0, 0.05) is 24.4 Å². The minimum absolute atomic E-state index is 0.214. The summed E-state index contributed by atoms with van der Waals surface area (Å²) in [6.45, 7) is 5.38. The van der Waals surface area contributed by atoms with Crippen molar-refractivity contribution in [1.82, 2.24) is 10.3 Å². The predicted octanol–water partition coefficient (Wildman–Crippen LogP) is 0.569. The van der Waals surface area contributed by atoms with E-state index in [4.69, 9.17) is 5.73 Å². The van der Waals surface area contributed by atoms with Gasteiger partial charge in [-0.05, 0) is 13.8 Å². The smallest absolute Gasteiger partial charge is 0.270 e. The lowest BCUT2D eigenvalue weighted by atomic mass is 10.1. The number of amides is 2. The molecular weight excluding hydrogens is 240 g/mol. The van der Waals surface area contributed by atoms with Crippen LogP contribution in [0, 0.1) is 0 Å². The summed E-state index contributed by atoms with van der Waals surface area (Å²) in [6.07, 6.45) is 0. The van der Waals surface area contributed by atoms with Crippen LogP contribution in [0.15, 0.2) is 5.38 Å². The molecule has 6 nitrogen and oxygen atoms in total. The lowest BCUT2D eigenvalue weighted by Crippen LogP contribution is -2.45. The average molecular weight is 256 g/mol. The van der Waals surface area contributed by atoms with E-state index in [0.717, 1.165) is 0 Å². The number of hydrogen-bond donors (Lipinski definition) is 3. The Bertz CT molecular complexity index is 422. The number of anilines is 1. The molecule has 0 aliphatic rings. The highest BCUT2D eigenvalue weighted by molar-refractivity contribution is 7.14. The molecule has 4 N–H and O–H groups in total. The number of aromatic nitrogens is 1. The van der Waals surface area contributed by atoms with E-state index in [9.17, 15) is 9.59 Å². The van der Waals surface area contributed by atoms with Gasteiger partial charge in [-0.1, -0.05) is 0 Å². The highest BCUT2D eigenvalue weighted by Gasteiger charge is 2.15. The van der Waals surface area contributed by atoms with E-state index < -0.39 is 5.54 Å². The number of carbonyl (C=O) groups excluding carboxylic acids is 2. The highest BCUT2D eigenvalue weighted by Crippen LogP contribution is 2.15. The summed E-state index contributed by atoms with van der Waals surface area (Å²) in [4.78, 5) is 26.4. The van der Waals surface area contributed by atoms with Crippen LogP contribution in [0.5, 0.6) is 0 Å². The number of nitrogens with zero attached hydrogens (tertiary/aromatic N) is 1. The van der Waals surface area contributed by atoms with Crippen LogP contribution in [0.3, 0.4) is 0 Å². The maximum atomic E-state index is 11.7. The number of rotatable bonds is 4. The van der Waals surface area contributed by atoms with Crippen molar-refractivity contribution in [2.24, 2.45) is 5.73 Å². The Balaban J connectivity index is 2.58. The third kappa shape index (κ3) is 4.92. The Labute approximate surface area is 104 Å². The topological polar surface area (TPSA) is 97.1 Å². The van der Waals surface area contributed by atoms with Crippen molar-refractivity contribution in [3.8, 4) is 0 Å². The molecule has 0 spiro atoms. The molecule has 1 aromatic heterocycles. The van der Waals surface area contributed by atoms with E-state index in [0.29, 0.717) is 11.7 Å². The number of thiazole rings is 1. The Morgan fingerprint density at radius 2 is 2.18 bits per heavy atom. The van der Waals surface area contributed by atoms with Crippen molar-refractivity contribution in [2.75, 3.05) is 11.9 Å². The largest absolute Gasteiger partial charge is 0.349 e. The fraction of sp³-hybridized carbons (Fsp3) is 0.500. The van der Waals surface area contributed by atoms with Gasteiger partial charge in [0.2, 0.25) is 5.91 Å². The maximum absolute atomic E-state index is 11.7. The minimum Gasteiger partial charge on any atom is -0.349 e. The predicted molar refractivity (Wildman–Crippen MR) is 67.0 cm³/mol. The SMILES string of the molecule is CC(=O)Nc1nc(C(=O)NCC(C)(C)N)cs1. The van der Waals surface area contributed by atoms with E-state index in [1.807, 2.05) is 13.8 Å². The van der Waals surface area contributed by atoms with Crippen LogP contribution in [-0.2, 0) is 4.79 Å². The van der Waals surface area contributed by atoms with E-state index >= 15 is 0 Å². The molecule has 0 saturated heterocycles. The van der Waals surface area contributed by atoms with Gasteiger partial charge in [0.15, 0.2) is 5.13 Å². The van der Waals surface area contributed by atoms with Crippen LogP contribution in [0.25, 0.3) is 0 Å². The molecule has 0 unspecified atom stereocenters. The Kier molecular flexibility index (Phi) is 4.19. The first-order valence-electron chi connectivity index (χ1n) is 5.08. The summed E-state index contributed by atoms with van der Waals surface area (Å²) in [5, 5.41) is 7.19. The summed E-state index contributed by atoms with van der Waals surface area (Å²) < 4.78 is 0. The fourth-order valence-electron chi connectivity index (χ4n) is 0.985. The van der Waals surface area contributed by atoms with Gasteiger partial charge >= 0.3 is 0 Å². The molecule has 0 saturated carbocycles. The van der Waals surface area contributed by atoms with Crippen molar-refractivity contribution in [3.63, 3.8) is 0 Å². The fourth-order valence-corrected chi connectivity index (χ4v) is 1.72. The molecule has 17 heavy (non-hydrogen) atoms. The second-order valence-electron chi connectivity index (χ2n) is 4.39. The average Bonchev–Trinajstić information content (AvgIpc) is 2.60. The zero-order chi connectivity index (χ0) is 13.1. The summed E-state index contributed by atoms with van der Waals surface area (Å²) in [7, 11) is 0. The van der Waals surface area contributed by atoms with Crippen LogP contribution < -0.4 is 16.4 Å². The zero-order valence-corrected chi connectivity index (χ0v) is 10.9. The third-order valence-corrected chi connectivity index (χ3v) is 2.48. The Hall–Kier alpha value is -1.47. The van der Waals surface area contributed by atoms with Crippen molar-refractivity contribution in [3.05, 3.63) is 11.1 Å². The second kappa shape index (κ2) is 5.24. The second-order valence-corrected chi connectivity index (χ2v) is 5.25. The molecule has 0 bridgehead atoms. The molecule has 2 amide bonds. The van der Waals surface area contributed by atoms with Crippen LogP contribution in [0.2, 0.25) is 0 Å². The van der Waals surface area contributed by atoms with Crippen molar-refractivity contribution in [2.45, 2.75) is 26.3 Å². The Morgan fingerprint density at radius 3 is 2.71 bits per heavy atom. The molecule has 0 fully saturated rings. The van der Waals surface area contributed by atoms with Gasteiger partial charge in [0.1, 0.15) is 5.69 Å². The summed E-state index contributed by atoms with van der Waals surface area (Å²) >= 11 is 1.20. The normalized spacial score (nSPS) is 11.1. The zero-order valence-electron chi connectivity index (χ0n) is 10.0. The molecule has 1 heterocycles. The first-order chi connectivity index (χ1) is 7.78. The van der Waals surface area contributed by atoms with E-state index in [1.54, 1.807) is 5.38 Å². The van der Waals surface area contributed by atoms with Gasteiger partial charge in [-0.25, -0.2) is 4.98 Å². The maximum Gasteiger partial charge on any atom is 0.270 e. The van der Waals surface area contributed by atoms with Crippen LogP contribution in [0.4, 0.5) is 5.13 Å². The number of hydrogen-bond acceptors (Lipinski definition) is 5. The summed E-state index contributed by atoms with van der Waals surface area (Å²) in [5.41, 5.74) is 5.56. The molecule has 1 rings (SSSR count). The first-order valence-corrected chi connectivity index (χ1v) is 5.96. The highest BCUT2D eigenvalue weighted by atomic mass is 32.1. The number of nitrogens with two attached hydrogens (primary N) is 1. The van der Waals surface area contributed by atoms with Crippen molar-refractivity contribution >= 4 is 28.3 Å². The quantitative estimate of drug-likeness (QED) is 0.733. The number of carbonyl (C=O) groups is 2. The van der Waals surface area contributed by atoms with Gasteiger partial charge in [-0.3, -0.25) is 9.59 Å². The number of nitrogens with one attached hydrogen (secondary N) is 2. The van der Waals surface area contributed by atoms with E-state index in [1.165, 1.54) is 18.3 Å². The standard InChI is InChI=1S/C10H16N4O2S/c1-6(15)13-9-14-7(4-17-9)8(16)12-5-10(2,3)11/h4H,5,11H2,1-3H3,(H,12,16)(H,13,14,15). The van der Waals surface area contributed by atoms with E-state index in [2.05, 4.69) is 15.6 Å². The van der Waals surface area contributed by atoms with Gasteiger partial charge in [-0.2, -0.15) is 0 Å². The lowest BCUT2D eigenvalue weighted by Gasteiger charge is -2.18. The van der Waals surface area contributed by atoms with Crippen LogP contribution in [-0.4, -0.2) is 28.9 Å². The molecule has 0 atom stereocenters. The van der Waals surface area contributed by atoms with Crippen LogP contribution in [0.1, 0.15) is 31.3 Å². The Morgan fingerprint density at radius 1 is 1.53 bits per heavy atom. The molecular formula is C10H16N4O2S. The van der Waals surface area contributed by atoms with Gasteiger partial charge < -0.3 is 16.4 Å². The lowest BCUT2D eigenvalue weighted by molar-refractivity contribution is -0.114. The molecule has 0 radical (unpaired) electrons. The van der Waals surface area contributed by atoms with Crippen molar-refractivity contribution in [1.29, 1.82) is 0 Å². The van der Waals surface area contributed by atoms with Gasteiger partial charge in [0.05, 0.1) is 0 Å². The monoisotopic (exact) mass is 256 g/mol. The molecule has 0 aliphatic carbocycles. The first kappa shape index (κ1) is 13.6. The molecule has 0 aliphatic heterocycles. The third-order valence-electron chi connectivity index (χ3n) is 1.72. The molecule has 1 aromatic rings. The minimum atomic E-state index is -0.466. The van der Waals surface area contributed by atoms with Gasteiger partial charge in [0.25, 0.3) is 5.91 Å². The summed E-state index contributed by atoms with van der Waals surface area (Å²) in [6, 6.07) is 0. The van der Waals surface area contributed by atoms with Crippen LogP contribution >= 0.6 is 11.3 Å². The molecule has 94 valence electrons. The summed E-state index contributed by atoms with van der Waals surface area (Å²) in [5.74, 6) is -0.509. The van der Waals surface area contributed by atoms with Gasteiger partial charge in [-0.15, -0.1) is 11.3 Å². The van der Waals surface area contributed by atoms with E-state index in [-0.39, 0.29) is 17.5 Å².